The number of carbonyl (C=O) groups excluding carboxylic acids is 1. The highest BCUT2D eigenvalue weighted by Crippen LogP contribution is 2.41. The molecule has 5 rings (SSSR count). The molecule has 0 spiro atoms. The molecule has 2 N–H and O–H groups in total. The molecule has 3 heterocycles. The molecule has 0 saturated carbocycles. The summed E-state index contributed by atoms with van der Waals surface area (Å²) in [4.78, 5) is 19.8. The number of aryl methyl sites for hydroxylation is 3. The number of anilines is 1. The first-order chi connectivity index (χ1) is 18.9. The number of thiocarbonyl (C=S) groups is 1. The summed E-state index contributed by atoms with van der Waals surface area (Å²) in [5.41, 5.74) is 8.82. The van der Waals surface area contributed by atoms with Crippen LogP contribution in [0.2, 0.25) is 0 Å². The summed E-state index contributed by atoms with van der Waals surface area (Å²) >= 11 is 5.86. The van der Waals surface area contributed by atoms with Crippen LogP contribution in [0.15, 0.2) is 79.0 Å². The predicted molar refractivity (Wildman–Crippen MR) is 161 cm³/mol. The number of carbonyl (C=O) groups is 1. The van der Waals surface area contributed by atoms with Gasteiger partial charge in [0, 0.05) is 41.9 Å². The minimum Gasteiger partial charge on any atom is -0.352 e. The van der Waals surface area contributed by atoms with E-state index in [0.717, 1.165) is 23.4 Å². The Hall–Kier alpha value is -3.97. The van der Waals surface area contributed by atoms with Gasteiger partial charge >= 0.3 is 0 Å². The van der Waals surface area contributed by atoms with Crippen LogP contribution in [0, 0.1) is 20.8 Å². The van der Waals surface area contributed by atoms with E-state index in [1.807, 2.05) is 55.6 Å². The highest BCUT2D eigenvalue weighted by atomic mass is 32.1. The van der Waals surface area contributed by atoms with E-state index in [2.05, 4.69) is 76.2 Å². The Kier molecular flexibility index (Phi) is 7.79. The van der Waals surface area contributed by atoms with Gasteiger partial charge < -0.3 is 20.1 Å². The van der Waals surface area contributed by atoms with Crippen molar-refractivity contribution in [3.8, 4) is 5.69 Å². The highest BCUT2D eigenvalue weighted by Gasteiger charge is 2.41. The summed E-state index contributed by atoms with van der Waals surface area (Å²) in [5.74, 6) is -0.0329. The molecule has 2 aromatic heterocycles. The zero-order valence-electron chi connectivity index (χ0n) is 22.9. The van der Waals surface area contributed by atoms with Crippen molar-refractivity contribution in [1.82, 2.24) is 19.8 Å². The van der Waals surface area contributed by atoms with Gasteiger partial charge in [-0.2, -0.15) is 0 Å². The molecule has 2 aromatic carbocycles. The largest absolute Gasteiger partial charge is 0.352 e. The number of nitrogens with one attached hydrogen (secondary N) is 2. The third-order valence-corrected chi connectivity index (χ3v) is 7.95. The van der Waals surface area contributed by atoms with Crippen molar-refractivity contribution in [1.29, 1.82) is 0 Å². The quantitative estimate of drug-likeness (QED) is 0.256. The number of hydrogen-bond acceptors (Lipinski definition) is 3. The van der Waals surface area contributed by atoms with Gasteiger partial charge in [-0.25, -0.2) is 0 Å². The van der Waals surface area contributed by atoms with Gasteiger partial charge in [-0.15, -0.1) is 0 Å². The lowest BCUT2D eigenvalue weighted by atomic mass is 9.96. The van der Waals surface area contributed by atoms with Crippen molar-refractivity contribution >= 4 is 28.9 Å². The molecular weight excluding hydrogens is 502 g/mol. The maximum Gasteiger partial charge on any atom is 0.226 e. The molecule has 200 valence electrons. The third kappa shape index (κ3) is 5.32. The average Bonchev–Trinajstić information content (AvgIpc) is 3.43. The van der Waals surface area contributed by atoms with E-state index in [1.54, 1.807) is 0 Å². The van der Waals surface area contributed by atoms with E-state index in [9.17, 15) is 4.79 Å². The molecule has 1 fully saturated rings. The van der Waals surface area contributed by atoms with Crippen LogP contribution in [0.3, 0.4) is 0 Å². The van der Waals surface area contributed by atoms with Crippen LogP contribution in [0.1, 0.15) is 59.2 Å². The van der Waals surface area contributed by atoms with Crippen molar-refractivity contribution in [3.63, 3.8) is 0 Å². The number of nitrogens with zero attached hydrogens (tertiary/aromatic N) is 3. The van der Waals surface area contributed by atoms with Crippen LogP contribution in [0.25, 0.3) is 5.69 Å². The number of amides is 1. The minimum atomic E-state index is -0.131. The topological polar surface area (TPSA) is 62.2 Å². The van der Waals surface area contributed by atoms with Crippen LogP contribution in [0.5, 0.6) is 0 Å². The number of aromatic nitrogens is 2. The molecule has 39 heavy (non-hydrogen) atoms. The second-order valence-electron chi connectivity index (χ2n) is 10.1. The van der Waals surface area contributed by atoms with E-state index >= 15 is 0 Å². The van der Waals surface area contributed by atoms with Gasteiger partial charge in [0.25, 0.3) is 0 Å². The maximum atomic E-state index is 13.0. The SMILES string of the molecule is CCc1ccccc1-n1c(C)cc([C@@H]2[C@H](c3ccccn3)NC(=S)N2CCC(=O)Nc2ccccc2C)c1C. The van der Waals surface area contributed by atoms with Crippen molar-refractivity contribution in [2.75, 3.05) is 11.9 Å². The first kappa shape index (κ1) is 26.6. The van der Waals surface area contributed by atoms with Crippen LogP contribution in [0.4, 0.5) is 5.69 Å². The standard InChI is InChI=1S/C32H35N5OS/c1-5-24-13-7-9-16-28(24)37-22(3)20-25(23(37)4)31-30(27-15-10-11-18-33-27)35-32(39)36(31)19-17-29(38)34-26-14-8-6-12-21(26)2/h6-16,18,20,30-31H,5,17,19H2,1-4H3,(H,34,38)(H,35,39)/t30-,31+/m0/s1. The first-order valence-corrected chi connectivity index (χ1v) is 13.9. The Balaban J connectivity index is 1.49. The van der Waals surface area contributed by atoms with Gasteiger partial charge in [0.05, 0.1) is 17.8 Å². The monoisotopic (exact) mass is 537 g/mol. The fourth-order valence-electron chi connectivity index (χ4n) is 5.62. The maximum absolute atomic E-state index is 13.0. The molecule has 0 unspecified atom stereocenters. The van der Waals surface area contributed by atoms with E-state index in [-0.39, 0.29) is 18.0 Å². The average molecular weight is 538 g/mol. The Labute approximate surface area is 236 Å². The number of pyridine rings is 1. The second kappa shape index (κ2) is 11.4. The van der Waals surface area contributed by atoms with Crippen LogP contribution in [-0.4, -0.2) is 32.0 Å². The lowest BCUT2D eigenvalue weighted by Gasteiger charge is -2.28. The van der Waals surface area contributed by atoms with Gasteiger partial charge in [0.2, 0.25) is 5.91 Å². The Bertz CT molecular complexity index is 1500. The fraction of sp³-hybridized carbons (Fsp3) is 0.281. The van der Waals surface area contributed by atoms with Gasteiger partial charge in [-0.1, -0.05) is 49.4 Å². The van der Waals surface area contributed by atoms with Gasteiger partial charge in [0.1, 0.15) is 0 Å². The zero-order chi connectivity index (χ0) is 27.5. The van der Waals surface area contributed by atoms with Crippen molar-refractivity contribution in [2.24, 2.45) is 0 Å². The molecule has 0 bridgehead atoms. The lowest BCUT2D eigenvalue weighted by molar-refractivity contribution is -0.116. The Morgan fingerprint density at radius 2 is 1.77 bits per heavy atom. The number of rotatable bonds is 8. The highest BCUT2D eigenvalue weighted by molar-refractivity contribution is 7.80. The minimum absolute atomic E-state index is 0.0329. The van der Waals surface area contributed by atoms with Gasteiger partial charge in [-0.05, 0) is 86.4 Å². The summed E-state index contributed by atoms with van der Waals surface area (Å²) in [5, 5.41) is 7.22. The molecule has 6 nitrogen and oxygen atoms in total. The van der Waals surface area contributed by atoms with Crippen LogP contribution < -0.4 is 10.6 Å². The summed E-state index contributed by atoms with van der Waals surface area (Å²) in [6.07, 6.45) is 3.09. The van der Waals surface area contributed by atoms with Gasteiger partial charge in [-0.3, -0.25) is 9.78 Å². The van der Waals surface area contributed by atoms with Crippen molar-refractivity contribution in [3.05, 3.63) is 113 Å². The number of hydrogen-bond donors (Lipinski definition) is 2. The number of benzene rings is 2. The molecule has 4 aromatic rings. The summed E-state index contributed by atoms with van der Waals surface area (Å²) in [6.45, 7) is 9.00. The molecule has 1 aliphatic heterocycles. The summed E-state index contributed by atoms with van der Waals surface area (Å²) in [7, 11) is 0. The molecule has 1 aliphatic rings. The molecule has 0 aliphatic carbocycles. The second-order valence-corrected chi connectivity index (χ2v) is 10.5. The van der Waals surface area contributed by atoms with Crippen LogP contribution >= 0.6 is 12.2 Å². The molecule has 1 amide bonds. The van der Waals surface area contributed by atoms with Gasteiger partial charge in [0.15, 0.2) is 5.11 Å². The lowest BCUT2D eigenvalue weighted by Crippen LogP contribution is -2.33. The van der Waals surface area contributed by atoms with E-state index in [4.69, 9.17) is 12.2 Å². The predicted octanol–water partition coefficient (Wildman–Crippen LogP) is 6.36. The Morgan fingerprint density at radius 1 is 1.03 bits per heavy atom. The zero-order valence-corrected chi connectivity index (χ0v) is 23.8. The fourth-order valence-corrected chi connectivity index (χ4v) is 5.95. The normalized spacial score (nSPS) is 16.8. The van der Waals surface area contributed by atoms with Crippen molar-refractivity contribution in [2.45, 2.75) is 52.6 Å². The van der Waals surface area contributed by atoms with Crippen molar-refractivity contribution < 1.29 is 4.79 Å². The molecular formula is C32H35N5OS. The van der Waals surface area contributed by atoms with E-state index in [0.29, 0.717) is 18.1 Å². The van der Waals surface area contributed by atoms with E-state index < -0.39 is 0 Å². The molecule has 1 saturated heterocycles. The van der Waals surface area contributed by atoms with Crippen LogP contribution in [-0.2, 0) is 11.2 Å². The Morgan fingerprint density at radius 3 is 2.51 bits per heavy atom. The smallest absolute Gasteiger partial charge is 0.226 e. The molecule has 2 atom stereocenters. The number of para-hydroxylation sites is 2. The summed E-state index contributed by atoms with van der Waals surface area (Å²) < 4.78 is 2.34. The third-order valence-electron chi connectivity index (χ3n) is 7.60. The van der Waals surface area contributed by atoms with E-state index in [1.165, 1.54) is 28.2 Å². The molecule has 0 radical (unpaired) electrons. The first-order valence-electron chi connectivity index (χ1n) is 13.5. The molecule has 7 heteroatoms. The summed E-state index contributed by atoms with van der Waals surface area (Å²) in [6, 6.07) is 24.4.